The van der Waals surface area contributed by atoms with Gasteiger partial charge in [-0.2, -0.15) is 5.26 Å². The summed E-state index contributed by atoms with van der Waals surface area (Å²) < 4.78 is 22.9. The third kappa shape index (κ3) is 4.18. The number of nitrogens with zero attached hydrogens (tertiary/aromatic N) is 1. The van der Waals surface area contributed by atoms with Crippen molar-refractivity contribution in [1.82, 2.24) is 5.32 Å². The minimum atomic E-state index is -3.23. The number of nitriles is 1. The van der Waals surface area contributed by atoms with Gasteiger partial charge in [-0.25, -0.2) is 8.42 Å². The molecule has 0 radical (unpaired) electrons. The van der Waals surface area contributed by atoms with Gasteiger partial charge < -0.3 is 5.32 Å². The summed E-state index contributed by atoms with van der Waals surface area (Å²) in [6.45, 7) is 1.82. The first-order chi connectivity index (χ1) is 10.8. The Morgan fingerprint density at radius 2 is 1.65 bits per heavy atom. The number of nitrogens with one attached hydrogen (secondary N) is 1. The Kier molecular flexibility index (Phi) is 4.82. The molecule has 0 heterocycles. The lowest BCUT2D eigenvalue weighted by molar-refractivity contribution is 0.0940. The SMILES string of the molecule is C[C@H](NC(=O)c1ccc(C#N)cc1)c1ccc(S(C)(=O)=O)cc1. The number of rotatable bonds is 4. The molecule has 6 heteroatoms. The molecule has 2 rings (SSSR count). The summed E-state index contributed by atoms with van der Waals surface area (Å²) in [7, 11) is -3.23. The minimum Gasteiger partial charge on any atom is -0.346 e. The fraction of sp³-hybridized carbons (Fsp3) is 0.176. The van der Waals surface area contributed by atoms with E-state index in [1.54, 1.807) is 36.4 Å². The average Bonchev–Trinajstić information content (AvgIpc) is 2.54. The van der Waals surface area contributed by atoms with Crippen LogP contribution in [0, 0.1) is 11.3 Å². The Morgan fingerprint density at radius 3 is 2.13 bits per heavy atom. The highest BCUT2D eigenvalue weighted by molar-refractivity contribution is 7.90. The van der Waals surface area contributed by atoms with Crippen molar-refractivity contribution in [3.63, 3.8) is 0 Å². The number of carbonyl (C=O) groups is 1. The number of amides is 1. The first kappa shape index (κ1) is 16.7. The van der Waals surface area contributed by atoms with Gasteiger partial charge in [0.05, 0.1) is 22.6 Å². The molecule has 0 unspecified atom stereocenters. The van der Waals surface area contributed by atoms with Crippen LogP contribution in [0.25, 0.3) is 0 Å². The summed E-state index contributed by atoms with van der Waals surface area (Å²) in [6, 6.07) is 14.5. The topological polar surface area (TPSA) is 87.0 Å². The fourth-order valence-corrected chi connectivity index (χ4v) is 2.69. The van der Waals surface area contributed by atoms with Crippen molar-refractivity contribution >= 4 is 15.7 Å². The van der Waals surface area contributed by atoms with E-state index in [1.807, 2.05) is 13.0 Å². The van der Waals surface area contributed by atoms with E-state index in [2.05, 4.69) is 5.32 Å². The summed E-state index contributed by atoms with van der Waals surface area (Å²) in [4.78, 5) is 12.4. The zero-order valence-corrected chi connectivity index (χ0v) is 13.6. The predicted molar refractivity (Wildman–Crippen MR) is 86.6 cm³/mol. The highest BCUT2D eigenvalue weighted by Crippen LogP contribution is 2.17. The number of hydrogen-bond acceptors (Lipinski definition) is 4. The van der Waals surface area contributed by atoms with Crippen LogP contribution >= 0.6 is 0 Å². The summed E-state index contributed by atoms with van der Waals surface area (Å²) >= 11 is 0. The number of hydrogen-bond donors (Lipinski definition) is 1. The molecule has 0 aliphatic rings. The zero-order chi connectivity index (χ0) is 17.0. The average molecular weight is 328 g/mol. The second-order valence-corrected chi connectivity index (χ2v) is 7.24. The number of sulfone groups is 1. The van der Waals surface area contributed by atoms with Crippen molar-refractivity contribution in [3.05, 3.63) is 65.2 Å². The summed E-state index contributed by atoms with van der Waals surface area (Å²) in [5.74, 6) is -0.255. The van der Waals surface area contributed by atoms with E-state index >= 15 is 0 Å². The van der Waals surface area contributed by atoms with Crippen LogP contribution in [0.15, 0.2) is 53.4 Å². The molecule has 0 fully saturated rings. The van der Waals surface area contributed by atoms with Gasteiger partial charge >= 0.3 is 0 Å². The van der Waals surface area contributed by atoms with Crippen LogP contribution in [0.5, 0.6) is 0 Å². The molecule has 23 heavy (non-hydrogen) atoms. The van der Waals surface area contributed by atoms with Crippen molar-refractivity contribution in [2.45, 2.75) is 17.9 Å². The molecule has 0 aliphatic heterocycles. The van der Waals surface area contributed by atoms with Crippen molar-refractivity contribution in [1.29, 1.82) is 5.26 Å². The van der Waals surface area contributed by atoms with Crippen molar-refractivity contribution < 1.29 is 13.2 Å². The standard InChI is InChI=1S/C17H16N2O3S/c1-12(14-7-9-16(10-8-14)23(2,21)22)19-17(20)15-5-3-13(11-18)4-6-15/h3-10,12H,1-2H3,(H,19,20)/t12-/m0/s1. The molecule has 0 spiro atoms. The van der Waals surface area contributed by atoms with E-state index in [1.165, 1.54) is 12.1 Å². The molecule has 0 saturated heterocycles. The molecule has 2 aromatic rings. The van der Waals surface area contributed by atoms with Gasteiger partial charge in [0.2, 0.25) is 0 Å². The van der Waals surface area contributed by atoms with E-state index in [0.29, 0.717) is 11.1 Å². The highest BCUT2D eigenvalue weighted by atomic mass is 32.2. The Morgan fingerprint density at radius 1 is 1.09 bits per heavy atom. The van der Waals surface area contributed by atoms with Gasteiger partial charge in [0.1, 0.15) is 0 Å². The molecule has 0 aromatic heterocycles. The van der Waals surface area contributed by atoms with Crippen molar-refractivity contribution in [3.8, 4) is 6.07 Å². The molecule has 0 bridgehead atoms. The Hall–Kier alpha value is -2.65. The summed E-state index contributed by atoms with van der Waals surface area (Å²) in [5, 5.41) is 11.6. The fourth-order valence-electron chi connectivity index (χ4n) is 2.06. The van der Waals surface area contributed by atoms with Crippen LogP contribution in [0.4, 0.5) is 0 Å². The third-order valence-corrected chi connectivity index (χ3v) is 4.56. The van der Waals surface area contributed by atoms with Gasteiger partial charge in [-0.3, -0.25) is 4.79 Å². The second kappa shape index (κ2) is 6.63. The van der Waals surface area contributed by atoms with E-state index in [0.717, 1.165) is 11.8 Å². The van der Waals surface area contributed by atoms with E-state index in [9.17, 15) is 13.2 Å². The first-order valence-electron chi connectivity index (χ1n) is 6.92. The molecule has 0 aliphatic carbocycles. The predicted octanol–water partition coefficient (Wildman–Crippen LogP) is 2.45. The Labute approximate surface area is 135 Å². The molecule has 2 aromatic carbocycles. The van der Waals surface area contributed by atoms with Gasteiger partial charge in [0.15, 0.2) is 9.84 Å². The third-order valence-electron chi connectivity index (χ3n) is 3.43. The Balaban J connectivity index is 2.10. The number of carbonyl (C=O) groups excluding carboxylic acids is 1. The van der Waals surface area contributed by atoms with Gasteiger partial charge in [-0.15, -0.1) is 0 Å². The smallest absolute Gasteiger partial charge is 0.251 e. The summed E-state index contributed by atoms with van der Waals surface area (Å²) in [5.41, 5.74) is 1.76. The number of benzene rings is 2. The molecule has 118 valence electrons. The van der Waals surface area contributed by atoms with Crippen LogP contribution in [0.3, 0.4) is 0 Å². The minimum absolute atomic E-state index is 0.242. The van der Waals surface area contributed by atoms with Crippen molar-refractivity contribution in [2.75, 3.05) is 6.26 Å². The van der Waals surface area contributed by atoms with Crippen LogP contribution in [-0.2, 0) is 9.84 Å². The second-order valence-electron chi connectivity index (χ2n) is 5.23. The van der Waals surface area contributed by atoms with Crippen molar-refractivity contribution in [2.24, 2.45) is 0 Å². The molecule has 5 nitrogen and oxygen atoms in total. The van der Waals surface area contributed by atoms with Gasteiger partial charge in [-0.05, 0) is 48.9 Å². The van der Waals surface area contributed by atoms with Crippen LogP contribution in [-0.4, -0.2) is 20.6 Å². The molecule has 1 N–H and O–H groups in total. The van der Waals surface area contributed by atoms with E-state index in [-0.39, 0.29) is 16.8 Å². The monoisotopic (exact) mass is 328 g/mol. The lowest BCUT2D eigenvalue weighted by Gasteiger charge is -2.15. The molecular formula is C17H16N2O3S. The maximum absolute atomic E-state index is 12.2. The maximum Gasteiger partial charge on any atom is 0.251 e. The molecular weight excluding hydrogens is 312 g/mol. The van der Waals surface area contributed by atoms with E-state index in [4.69, 9.17) is 5.26 Å². The van der Waals surface area contributed by atoms with Crippen LogP contribution < -0.4 is 5.32 Å². The lowest BCUT2D eigenvalue weighted by Crippen LogP contribution is -2.26. The molecule has 0 saturated carbocycles. The van der Waals surface area contributed by atoms with Crippen LogP contribution in [0.2, 0.25) is 0 Å². The zero-order valence-electron chi connectivity index (χ0n) is 12.8. The largest absolute Gasteiger partial charge is 0.346 e. The van der Waals surface area contributed by atoms with Gasteiger partial charge in [0.25, 0.3) is 5.91 Å². The maximum atomic E-state index is 12.2. The lowest BCUT2D eigenvalue weighted by atomic mass is 10.1. The van der Waals surface area contributed by atoms with Crippen LogP contribution in [0.1, 0.15) is 34.5 Å². The normalized spacial score (nSPS) is 12.2. The van der Waals surface area contributed by atoms with Gasteiger partial charge in [0, 0.05) is 11.8 Å². The summed E-state index contributed by atoms with van der Waals surface area (Å²) in [6.07, 6.45) is 1.15. The Bertz CT molecular complexity index is 848. The highest BCUT2D eigenvalue weighted by Gasteiger charge is 2.13. The molecule has 1 amide bonds. The quantitative estimate of drug-likeness (QED) is 0.934. The van der Waals surface area contributed by atoms with E-state index < -0.39 is 9.84 Å². The first-order valence-corrected chi connectivity index (χ1v) is 8.81. The molecule has 1 atom stereocenters. The van der Waals surface area contributed by atoms with Gasteiger partial charge in [-0.1, -0.05) is 12.1 Å².